The summed E-state index contributed by atoms with van der Waals surface area (Å²) in [4.78, 5) is 4.38. The Morgan fingerprint density at radius 1 is 1.40 bits per heavy atom. The molecule has 20 heavy (non-hydrogen) atoms. The van der Waals surface area contributed by atoms with Crippen LogP contribution in [0.25, 0.3) is 0 Å². The molecule has 0 saturated heterocycles. The molecule has 2 heterocycles. The fraction of sp³-hybridized carbons (Fsp3) is 0.467. The molecule has 1 aliphatic rings. The molecule has 1 aromatic heterocycles. The van der Waals surface area contributed by atoms with Gasteiger partial charge in [-0.25, -0.2) is 0 Å². The Morgan fingerprint density at radius 3 is 3.10 bits per heavy atom. The monoisotopic (exact) mass is 274 g/mol. The second-order valence-corrected chi connectivity index (χ2v) is 5.13. The molecule has 0 amide bonds. The summed E-state index contributed by atoms with van der Waals surface area (Å²) < 4.78 is 10.9. The van der Waals surface area contributed by atoms with Gasteiger partial charge in [0.25, 0.3) is 0 Å². The predicted molar refractivity (Wildman–Crippen MR) is 72.7 cm³/mol. The molecule has 0 aliphatic carbocycles. The van der Waals surface area contributed by atoms with Crippen LogP contribution in [-0.2, 0) is 12.8 Å². The van der Waals surface area contributed by atoms with E-state index in [1.54, 1.807) is 0 Å². The fourth-order valence-corrected chi connectivity index (χ4v) is 2.36. The number of ether oxygens (including phenoxy) is 1. The third-order valence-corrected chi connectivity index (χ3v) is 3.61. The predicted octanol–water partition coefficient (Wildman–Crippen LogP) is 2.10. The van der Waals surface area contributed by atoms with Crippen LogP contribution in [0.1, 0.15) is 36.5 Å². The molecule has 1 aromatic carbocycles. The van der Waals surface area contributed by atoms with Gasteiger partial charge in [-0.3, -0.25) is 0 Å². The number of nitrogens with zero attached hydrogens (tertiary/aromatic N) is 2. The van der Waals surface area contributed by atoms with E-state index < -0.39 is 6.10 Å². The quantitative estimate of drug-likeness (QED) is 0.924. The minimum absolute atomic E-state index is 0.112. The van der Waals surface area contributed by atoms with Crippen molar-refractivity contribution in [2.75, 3.05) is 6.61 Å². The van der Waals surface area contributed by atoms with Crippen molar-refractivity contribution in [1.82, 2.24) is 10.1 Å². The first kappa shape index (κ1) is 13.1. The third kappa shape index (κ3) is 2.67. The van der Waals surface area contributed by atoms with Gasteiger partial charge in [0.2, 0.25) is 5.89 Å². The van der Waals surface area contributed by atoms with Gasteiger partial charge >= 0.3 is 0 Å². The molecule has 1 aliphatic heterocycles. The van der Waals surface area contributed by atoms with Crippen LogP contribution in [0.3, 0.4) is 0 Å². The maximum atomic E-state index is 9.61. The van der Waals surface area contributed by atoms with Gasteiger partial charge in [0.15, 0.2) is 5.82 Å². The summed E-state index contributed by atoms with van der Waals surface area (Å²) in [6, 6.07) is 8.01. The van der Waals surface area contributed by atoms with Crippen molar-refractivity contribution in [3.63, 3.8) is 0 Å². The number of rotatable bonds is 4. The highest BCUT2D eigenvalue weighted by atomic mass is 16.5. The molecule has 3 rings (SSSR count). The van der Waals surface area contributed by atoms with Gasteiger partial charge in [-0.2, -0.15) is 4.98 Å². The topological polar surface area (TPSA) is 68.4 Å². The lowest BCUT2D eigenvalue weighted by Gasteiger charge is -2.22. The summed E-state index contributed by atoms with van der Waals surface area (Å²) >= 11 is 0. The first-order valence-electron chi connectivity index (χ1n) is 6.97. The van der Waals surface area contributed by atoms with E-state index in [2.05, 4.69) is 16.2 Å². The van der Waals surface area contributed by atoms with E-state index in [9.17, 15) is 5.11 Å². The molecule has 0 fully saturated rings. The van der Waals surface area contributed by atoms with Crippen molar-refractivity contribution in [2.45, 2.75) is 38.2 Å². The average Bonchev–Trinajstić information content (AvgIpc) is 2.95. The van der Waals surface area contributed by atoms with Gasteiger partial charge in [-0.1, -0.05) is 30.3 Å². The zero-order chi connectivity index (χ0) is 13.9. The Bertz CT molecular complexity index is 582. The van der Waals surface area contributed by atoms with E-state index in [0.717, 1.165) is 12.2 Å². The Labute approximate surface area is 117 Å². The maximum Gasteiger partial charge on any atom is 0.229 e. The molecule has 5 heteroatoms. The van der Waals surface area contributed by atoms with Crippen LogP contribution in [0.15, 0.2) is 28.8 Å². The standard InChI is InChI=1S/C15H18N2O3/c1-2-12(18)8-14-16-15(17-20-14)11-7-10-5-3-4-6-13(10)19-9-11/h3-6,11-12,18H,2,7-9H2,1H3. The summed E-state index contributed by atoms with van der Waals surface area (Å²) in [6.07, 6.45) is 1.52. The third-order valence-electron chi connectivity index (χ3n) is 3.61. The molecule has 106 valence electrons. The lowest BCUT2D eigenvalue weighted by molar-refractivity contribution is 0.158. The van der Waals surface area contributed by atoms with Gasteiger partial charge in [-0.15, -0.1) is 0 Å². The number of aromatic nitrogens is 2. The van der Waals surface area contributed by atoms with Crippen molar-refractivity contribution in [2.24, 2.45) is 0 Å². The van der Waals surface area contributed by atoms with Crippen LogP contribution in [0.4, 0.5) is 0 Å². The van der Waals surface area contributed by atoms with Gasteiger partial charge in [-0.05, 0) is 24.5 Å². The van der Waals surface area contributed by atoms with Gasteiger partial charge < -0.3 is 14.4 Å². The Kier molecular flexibility index (Phi) is 3.69. The van der Waals surface area contributed by atoms with Crippen molar-refractivity contribution in [1.29, 1.82) is 0 Å². The van der Waals surface area contributed by atoms with E-state index in [0.29, 0.717) is 31.2 Å². The molecule has 0 radical (unpaired) electrons. The number of hydrogen-bond donors (Lipinski definition) is 1. The van der Waals surface area contributed by atoms with E-state index >= 15 is 0 Å². The summed E-state index contributed by atoms with van der Waals surface area (Å²) in [5.41, 5.74) is 1.17. The maximum absolute atomic E-state index is 9.61. The summed E-state index contributed by atoms with van der Waals surface area (Å²) in [5, 5.41) is 13.6. The fourth-order valence-electron chi connectivity index (χ4n) is 2.36. The SMILES string of the molecule is CCC(O)Cc1nc(C2COc3ccccc3C2)no1. The van der Waals surface area contributed by atoms with E-state index in [-0.39, 0.29) is 5.92 Å². The highest BCUT2D eigenvalue weighted by molar-refractivity contribution is 5.36. The van der Waals surface area contributed by atoms with Crippen molar-refractivity contribution in [3.05, 3.63) is 41.5 Å². The van der Waals surface area contributed by atoms with Crippen LogP contribution >= 0.6 is 0 Å². The first-order valence-corrected chi connectivity index (χ1v) is 6.97. The van der Waals surface area contributed by atoms with Gasteiger partial charge in [0.05, 0.1) is 25.0 Å². The zero-order valence-corrected chi connectivity index (χ0v) is 11.5. The van der Waals surface area contributed by atoms with Gasteiger partial charge in [0, 0.05) is 0 Å². The number of aliphatic hydroxyl groups excluding tert-OH is 1. The normalized spacial score (nSPS) is 19.2. The molecule has 2 aromatic rings. The molecule has 2 atom stereocenters. The second-order valence-electron chi connectivity index (χ2n) is 5.13. The highest BCUT2D eigenvalue weighted by Crippen LogP contribution is 2.30. The number of hydrogen-bond acceptors (Lipinski definition) is 5. The van der Waals surface area contributed by atoms with Crippen LogP contribution in [0, 0.1) is 0 Å². The van der Waals surface area contributed by atoms with Crippen LogP contribution in [-0.4, -0.2) is 28.0 Å². The number of para-hydroxylation sites is 1. The largest absolute Gasteiger partial charge is 0.493 e. The second kappa shape index (κ2) is 5.63. The van der Waals surface area contributed by atoms with Crippen LogP contribution in [0.5, 0.6) is 5.75 Å². The average molecular weight is 274 g/mol. The minimum atomic E-state index is -0.424. The Morgan fingerprint density at radius 2 is 2.25 bits per heavy atom. The van der Waals surface area contributed by atoms with Crippen molar-refractivity contribution < 1.29 is 14.4 Å². The summed E-state index contributed by atoms with van der Waals surface area (Å²) in [5.74, 6) is 2.21. The van der Waals surface area contributed by atoms with E-state index in [4.69, 9.17) is 9.26 Å². The van der Waals surface area contributed by atoms with Crippen molar-refractivity contribution in [3.8, 4) is 5.75 Å². The van der Waals surface area contributed by atoms with Gasteiger partial charge in [0.1, 0.15) is 5.75 Å². The molecular weight excluding hydrogens is 256 g/mol. The van der Waals surface area contributed by atoms with Crippen molar-refractivity contribution >= 4 is 0 Å². The summed E-state index contributed by atoms with van der Waals surface area (Å²) in [7, 11) is 0. The Hall–Kier alpha value is -1.88. The molecule has 2 unspecified atom stereocenters. The first-order chi connectivity index (χ1) is 9.76. The number of fused-ring (bicyclic) bond motifs is 1. The molecule has 1 N–H and O–H groups in total. The lowest BCUT2D eigenvalue weighted by Crippen LogP contribution is -2.20. The van der Waals surface area contributed by atoms with Crippen LogP contribution in [0.2, 0.25) is 0 Å². The smallest absolute Gasteiger partial charge is 0.229 e. The molecule has 0 spiro atoms. The minimum Gasteiger partial charge on any atom is -0.493 e. The zero-order valence-electron chi connectivity index (χ0n) is 11.5. The van der Waals surface area contributed by atoms with E-state index in [1.807, 2.05) is 25.1 Å². The van der Waals surface area contributed by atoms with E-state index in [1.165, 1.54) is 5.56 Å². The Balaban J connectivity index is 1.72. The summed E-state index contributed by atoms with van der Waals surface area (Å²) in [6.45, 7) is 2.49. The molecule has 0 bridgehead atoms. The highest BCUT2D eigenvalue weighted by Gasteiger charge is 2.25. The molecular formula is C15H18N2O3. The molecule has 0 saturated carbocycles. The van der Waals surface area contributed by atoms with Crippen LogP contribution < -0.4 is 4.74 Å². The number of benzene rings is 1. The molecule has 5 nitrogen and oxygen atoms in total. The number of aliphatic hydroxyl groups is 1. The lowest BCUT2D eigenvalue weighted by atomic mass is 9.96.